The van der Waals surface area contributed by atoms with E-state index in [9.17, 15) is 45.6 Å². The summed E-state index contributed by atoms with van der Waals surface area (Å²) >= 11 is 0. The van der Waals surface area contributed by atoms with Crippen molar-refractivity contribution >= 4 is 5.91 Å². The second kappa shape index (κ2) is 63.8. The quantitative estimate of drug-likeness (QED) is 0.0204. The summed E-state index contributed by atoms with van der Waals surface area (Å²) in [5, 5.41) is 87.6. The summed E-state index contributed by atoms with van der Waals surface area (Å²) in [5.74, 6) is -0.244. The van der Waals surface area contributed by atoms with Crippen molar-refractivity contribution in [2.75, 3.05) is 19.8 Å². The first kappa shape index (κ1) is 87.5. The fourth-order valence-electron chi connectivity index (χ4n) is 11.9. The summed E-state index contributed by atoms with van der Waals surface area (Å²) in [4.78, 5) is 13.4. The van der Waals surface area contributed by atoms with E-state index in [2.05, 4.69) is 129 Å². The fourth-order valence-corrected chi connectivity index (χ4v) is 11.9. The molecule has 0 radical (unpaired) electrons. The number of aliphatic hydroxyl groups excluding tert-OH is 8. The molecular formula is C81H139NO13. The number of rotatable bonds is 62. The van der Waals surface area contributed by atoms with Gasteiger partial charge in [0.1, 0.15) is 48.8 Å². The molecule has 0 aliphatic carbocycles. The average Bonchev–Trinajstić information content (AvgIpc) is 0.801. The van der Waals surface area contributed by atoms with E-state index >= 15 is 0 Å². The van der Waals surface area contributed by atoms with Gasteiger partial charge in [0.2, 0.25) is 5.91 Å². The minimum absolute atomic E-state index is 0.244. The molecule has 14 heteroatoms. The first-order valence-corrected chi connectivity index (χ1v) is 38.3. The van der Waals surface area contributed by atoms with E-state index in [4.69, 9.17) is 18.9 Å². The van der Waals surface area contributed by atoms with E-state index in [0.717, 1.165) is 103 Å². The molecule has 0 aromatic carbocycles. The Hall–Kier alpha value is -3.61. The third-order valence-electron chi connectivity index (χ3n) is 17.9. The minimum atomic E-state index is -1.79. The Morgan fingerprint density at radius 3 is 1.12 bits per heavy atom. The standard InChI is InChI=1S/C81H139NO13/c1-3-5-7-9-11-13-15-17-19-21-23-25-27-28-29-30-31-32-33-34-35-36-37-38-39-40-41-42-43-45-47-49-51-53-55-57-59-61-63-65-73(86)82-69(68-92-80-78(91)76(89)79(72(67-84)94-80)95-81-77(90)75(88)74(87)71(66-83)93-81)70(85)64-62-60-58-56-54-52-50-48-46-44-26-24-22-20-18-16-14-12-10-8-6-4-2/h5,7,11,13,17,19,23,25,28-29,31-32,34-35,37-38,40-41,62,64,69-72,74-81,83-85,87-91H,3-4,6,8-10,12,14-16,18,20-22,24,26-27,30,33,36,39,42-61,63,65-68H2,1-2H3,(H,82,86)/b7-5-,13-11-,19-17-,25-23-,29-28-,32-31-,35-34-,38-37-,41-40-,64-62+. The van der Waals surface area contributed by atoms with Gasteiger partial charge in [-0.3, -0.25) is 4.79 Å². The van der Waals surface area contributed by atoms with Crippen molar-refractivity contribution in [2.45, 2.75) is 364 Å². The molecule has 12 unspecified atom stereocenters. The Morgan fingerprint density at radius 2 is 0.726 bits per heavy atom. The first-order valence-electron chi connectivity index (χ1n) is 38.3. The van der Waals surface area contributed by atoms with Crippen LogP contribution in [0.15, 0.2) is 122 Å². The van der Waals surface area contributed by atoms with Crippen LogP contribution in [-0.2, 0) is 23.7 Å². The summed E-state index contributed by atoms with van der Waals surface area (Å²) in [7, 11) is 0. The molecule has 0 bridgehead atoms. The van der Waals surface area contributed by atoms with Gasteiger partial charge in [0, 0.05) is 6.42 Å². The maximum atomic E-state index is 13.4. The molecule has 95 heavy (non-hydrogen) atoms. The first-order chi connectivity index (χ1) is 46.6. The van der Waals surface area contributed by atoms with Crippen LogP contribution < -0.4 is 5.32 Å². The molecule has 2 heterocycles. The van der Waals surface area contributed by atoms with Crippen molar-refractivity contribution in [3.63, 3.8) is 0 Å². The Balaban J connectivity index is 1.63. The zero-order valence-electron chi connectivity index (χ0n) is 59.6. The van der Waals surface area contributed by atoms with Crippen LogP contribution in [0.1, 0.15) is 290 Å². The molecule has 2 rings (SSSR count). The second-order valence-electron chi connectivity index (χ2n) is 26.4. The topological polar surface area (TPSA) is 228 Å². The van der Waals surface area contributed by atoms with E-state index in [1.807, 2.05) is 6.08 Å². The largest absolute Gasteiger partial charge is 0.394 e. The lowest BCUT2D eigenvalue weighted by Crippen LogP contribution is -2.65. The van der Waals surface area contributed by atoms with Gasteiger partial charge in [0.15, 0.2) is 12.6 Å². The highest BCUT2D eigenvalue weighted by Crippen LogP contribution is 2.30. The SMILES string of the molecule is CC/C=C\C/C=C\C/C=C\C/C=C\C/C=C\C/C=C\C/C=C\C/C=C\C/C=C\CCCCCCCCCCCCCC(=O)NC(COC1OC(CO)C(OC2OC(CO)C(O)C(O)C2O)C(O)C1O)C(O)/C=C/CCCCCCCCCCCCCCCCCCCCCC. The minimum Gasteiger partial charge on any atom is -0.394 e. The molecule has 2 fully saturated rings. The van der Waals surface area contributed by atoms with Gasteiger partial charge in [-0.2, -0.15) is 0 Å². The van der Waals surface area contributed by atoms with Crippen molar-refractivity contribution in [1.29, 1.82) is 0 Å². The van der Waals surface area contributed by atoms with Crippen LogP contribution >= 0.6 is 0 Å². The summed E-state index contributed by atoms with van der Waals surface area (Å²) in [5.41, 5.74) is 0. The molecule has 546 valence electrons. The highest BCUT2D eigenvalue weighted by molar-refractivity contribution is 5.76. The molecule has 2 aliphatic heterocycles. The summed E-state index contributed by atoms with van der Waals surface area (Å²) in [6.45, 7) is 2.71. The maximum absolute atomic E-state index is 13.4. The van der Waals surface area contributed by atoms with E-state index in [1.54, 1.807) is 6.08 Å². The van der Waals surface area contributed by atoms with Crippen molar-refractivity contribution in [3.05, 3.63) is 122 Å². The molecule has 2 aliphatic rings. The Kier molecular flexibility index (Phi) is 58.8. The Bertz CT molecular complexity index is 2060. The second-order valence-corrected chi connectivity index (χ2v) is 26.4. The number of ether oxygens (including phenoxy) is 4. The van der Waals surface area contributed by atoms with Crippen LogP contribution in [0.5, 0.6) is 0 Å². The molecule has 2 saturated heterocycles. The van der Waals surface area contributed by atoms with Crippen LogP contribution in [0.4, 0.5) is 0 Å². The van der Waals surface area contributed by atoms with E-state index in [-0.39, 0.29) is 18.9 Å². The van der Waals surface area contributed by atoms with Crippen molar-refractivity contribution in [3.8, 4) is 0 Å². The normalized spacial score (nSPS) is 23.1. The van der Waals surface area contributed by atoms with Gasteiger partial charge < -0.3 is 65.1 Å². The fraction of sp³-hybridized carbons (Fsp3) is 0.741. The van der Waals surface area contributed by atoms with Crippen LogP contribution in [0.25, 0.3) is 0 Å². The Morgan fingerprint density at radius 1 is 0.389 bits per heavy atom. The van der Waals surface area contributed by atoms with E-state index < -0.39 is 86.8 Å². The molecule has 14 nitrogen and oxygen atoms in total. The average molecular weight is 1330 g/mol. The lowest BCUT2D eigenvalue weighted by atomic mass is 9.97. The number of hydrogen-bond donors (Lipinski definition) is 9. The van der Waals surface area contributed by atoms with E-state index in [0.29, 0.717) is 6.42 Å². The van der Waals surface area contributed by atoms with Gasteiger partial charge >= 0.3 is 0 Å². The third kappa shape index (κ3) is 47.1. The highest BCUT2D eigenvalue weighted by atomic mass is 16.7. The van der Waals surface area contributed by atoms with Crippen LogP contribution in [0.2, 0.25) is 0 Å². The number of carbonyl (C=O) groups is 1. The number of amides is 1. The highest BCUT2D eigenvalue weighted by Gasteiger charge is 2.51. The van der Waals surface area contributed by atoms with Gasteiger partial charge in [-0.05, 0) is 89.9 Å². The molecule has 0 spiro atoms. The van der Waals surface area contributed by atoms with E-state index in [1.165, 1.54) is 161 Å². The number of nitrogens with one attached hydrogen (secondary N) is 1. The smallest absolute Gasteiger partial charge is 0.220 e. The number of allylic oxidation sites excluding steroid dienone is 19. The van der Waals surface area contributed by atoms with Crippen molar-refractivity contribution in [1.82, 2.24) is 5.32 Å². The molecule has 0 aromatic heterocycles. The molecule has 0 saturated carbocycles. The van der Waals surface area contributed by atoms with Crippen LogP contribution in [-0.4, -0.2) is 140 Å². The lowest BCUT2D eigenvalue weighted by Gasteiger charge is -2.46. The molecule has 0 aromatic rings. The van der Waals surface area contributed by atoms with Crippen molar-refractivity contribution in [2.24, 2.45) is 0 Å². The molecular weight excluding hydrogens is 1190 g/mol. The maximum Gasteiger partial charge on any atom is 0.220 e. The molecule has 1 amide bonds. The van der Waals surface area contributed by atoms with Gasteiger partial charge in [0.05, 0.1) is 32.0 Å². The Labute approximate surface area is 578 Å². The summed E-state index contributed by atoms with van der Waals surface area (Å²) in [6.07, 6.45) is 76.8. The van der Waals surface area contributed by atoms with Gasteiger partial charge in [-0.25, -0.2) is 0 Å². The number of aliphatic hydroxyl groups is 8. The predicted octanol–water partition coefficient (Wildman–Crippen LogP) is 16.8. The summed E-state index contributed by atoms with van der Waals surface area (Å²) < 4.78 is 22.9. The molecule has 9 N–H and O–H groups in total. The van der Waals surface area contributed by atoms with Crippen molar-refractivity contribution < 1.29 is 64.6 Å². The third-order valence-corrected chi connectivity index (χ3v) is 17.9. The van der Waals surface area contributed by atoms with Crippen LogP contribution in [0.3, 0.4) is 0 Å². The monoisotopic (exact) mass is 1330 g/mol. The lowest BCUT2D eigenvalue weighted by molar-refractivity contribution is -0.359. The molecule has 12 atom stereocenters. The predicted molar refractivity (Wildman–Crippen MR) is 392 cm³/mol. The summed E-state index contributed by atoms with van der Waals surface area (Å²) in [6, 6.07) is -0.925. The van der Waals surface area contributed by atoms with Gasteiger partial charge in [-0.1, -0.05) is 315 Å². The number of carbonyl (C=O) groups excluding carboxylic acids is 1. The number of hydrogen-bond acceptors (Lipinski definition) is 13. The zero-order chi connectivity index (χ0) is 68.7. The number of unbranched alkanes of at least 4 members (excludes halogenated alkanes) is 31. The van der Waals surface area contributed by atoms with Gasteiger partial charge in [0.25, 0.3) is 0 Å². The van der Waals surface area contributed by atoms with Crippen LogP contribution in [0, 0.1) is 0 Å². The van der Waals surface area contributed by atoms with Gasteiger partial charge in [-0.15, -0.1) is 0 Å². The zero-order valence-corrected chi connectivity index (χ0v) is 59.6.